The van der Waals surface area contributed by atoms with Crippen molar-refractivity contribution in [1.29, 1.82) is 0 Å². The highest BCUT2D eigenvalue weighted by Gasteiger charge is 2.40. The molecule has 3 heterocycles. The predicted molar refractivity (Wildman–Crippen MR) is 165 cm³/mol. The first-order valence-corrected chi connectivity index (χ1v) is 15.1. The number of aromatic nitrogens is 2. The average molecular weight is 618 g/mol. The zero-order valence-electron chi connectivity index (χ0n) is 26.3. The van der Waals surface area contributed by atoms with Crippen molar-refractivity contribution >= 4 is 24.0 Å². The molecule has 1 aliphatic rings. The van der Waals surface area contributed by atoms with Gasteiger partial charge in [0.15, 0.2) is 0 Å². The van der Waals surface area contributed by atoms with E-state index in [1.54, 1.807) is 64.0 Å². The number of nitrogens with zero attached hydrogens (tertiary/aromatic N) is 3. The molecule has 1 fully saturated rings. The van der Waals surface area contributed by atoms with Crippen molar-refractivity contribution in [3.05, 3.63) is 82.4 Å². The maximum Gasteiger partial charge on any atom is 0.410 e. The van der Waals surface area contributed by atoms with E-state index < -0.39 is 35.6 Å². The van der Waals surface area contributed by atoms with E-state index >= 15 is 0 Å². The molecular weight excluding hydrogens is 578 g/mol. The first kappa shape index (κ1) is 33.1. The Kier molecular flexibility index (Phi) is 10.5. The molecule has 11 heteroatoms. The lowest BCUT2D eigenvalue weighted by Crippen LogP contribution is -2.37. The van der Waals surface area contributed by atoms with Crippen molar-refractivity contribution in [1.82, 2.24) is 14.9 Å². The number of hydrogen-bond acceptors (Lipinski definition) is 9. The van der Waals surface area contributed by atoms with Crippen molar-refractivity contribution in [2.24, 2.45) is 0 Å². The SMILES string of the molecule is CCOC(=O)c1c(CCc2cccnc2)nc([C@@H]2CCCN2C(=O)OC(C)(C)C)c(C(=O)OCC)c1-c1ccc(C(=O)O)cc1. The number of carbonyl (C=O) groups is 4. The number of likely N-dealkylation sites (tertiary alicyclic amines) is 1. The third-order valence-corrected chi connectivity index (χ3v) is 7.25. The van der Waals surface area contributed by atoms with Gasteiger partial charge < -0.3 is 19.3 Å². The predicted octanol–water partition coefficient (Wildman–Crippen LogP) is 6.05. The monoisotopic (exact) mass is 617 g/mol. The average Bonchev–Trinajstić information content (AvgIpc) is 3.49. The van der Waals surface area contributed by atoms with Crippen LogP contribution in [0.15, 0.2) is 48.8 Å². The van der Waals surface area contributed by atoms with Gasteiger partial charge in [-0.15, -0.1) is 0 Å². The zero-order chi connectivity index (χ0) is 32.7. The summed E-state index contributed by atoms with van der Waals surface area (Å²) in [6, 6.07) is 8.97. The summed E-state index contributed by atoms with van der Waals surface area (Å²) >= 11 is 0. The molecule has 0 unspecified atom stereocenters. The summed E-state index contributed by atoms with van der Waals surface area (Å²) in [5.41, 5.74) is 1.57. The quantitative estimate of drug-likeness (QED) is 0.211. The molecule has 0 saturated carbocycles. The summed E-state index contributed by atoms with van der Waals surface area (Å²) in [4.78, 5) is 63.4. The van der Waals surface area contributed by atoms with Crippen LogP contribution in [0, 0.1) is 0 Å². The summed E-state index contributed by atoms with van der Waals surface area (Å²) in [5.74, 6) is -2.53. The highest BCUT2D eigenvalue weighted by atomic mass is 16.6. The van der Waals surface area contributed by atoms with Gasteiger partial charge in [0.05, 0.1) is 47.3 Å². The number of aromatic carboxylic acids is 1. The van der Waals surface area contributed by atoms with E-state index in [0.29, 0.717) is 37.1 Å². The maximum atomic E-state index is 13.9. The number of esters is 2. The molecule has 11 nitrogen and oxygen atoms in total. The molecule has 2 aromatic heterocycles. The standard InChI is InChI=1S/C34H39N3O8/c1-6-43-31(40)27-24(17-12-21-10-8-18-35-20-21)36-29(25-11-9-19-37(25)33(42)45-34(3,4)5)28(32(41)44-7-2)26(27)22-13-15-23(16-14-22)30(38)39/h8,10,13-16,18,20,25H,6-7,9,11-12,17,19H2,1-5H3,(H,38,39)/t25-/m0/s1. The first-order chi connectivity index (χ1) is 21.4. The summed E-state index contributed by atoms with van der Waals surface area (Å²) in [6.07, 6.45) is 4.75. The Morgan fingerprint density at radius 3 is 2.20 bits per heavy atom. The van der Waals surface area contributed by atoms with Gasteiger partial charge in [-0.25, -0.2) is 19.2 Å². The van der Waals surface area contributed by atoms with E-state index in [2.05, 4.69) is 4.98 Å². The fourth-order valence-electron chi connectivity index (χ4n) is 5.38. The van der Waals surface area contributed by atoms with Crippen LogP contribution in [0.3, 0.4) is 0 Å². The molecule has 3 aromatic rings. The van der Waals surface area contributed by atoms with E-state index in [1.807, 2.05) is 12.1 Å². The number of carboxylic acids is 1. The highest BCUT2D eigenvalue weighted by Crippen LogP contribution is 2.41. The highest BCUT2D eigenvalue weighted by molar-refractivity contribution is 6.07. The van der Waals surface area contributed by atoms with E-state index in [-0.39, 0.29) is 47.6 Å². The summed E-state index contributed by atoms with van der Waals surface area (Å²) in [5, 5.41) is 9.53. The second-order valence-corrected chi connectivity index (χ2v) is 11.6. The van der Waals surface area contributed by atoms with Crippen LogP contribution in [0.25, 0.3) is 11.1 Å². The molecule has 1 aromatic carbocycles. The van der Waals surface area contributed by atoms with Crippen LogP contribution in [-0.2, 0) is 27.1 Å². The topological polar surface area (TPSA) is 145 Å². The lowest BCUT2D eigenvalue weighted by molar-refractivity contribution is 0.0216. The van der Waals surface area contributed by atoms with Crippen molar-refractivity contribution in [2.75, 3.05) is 19.8 Å². The minimum Gasteiger partial charge on any atom is -0.478 e. The first-order valence-electron chi connectivity index (χ1n) is 15.1. The van der Waals surface area contributed by atoms with Crippen molar-refractivity contribution in [3.63, 3.8) is 0 Å². The van der Waals surface area contributed by atoms with Gasteiger partial charge in [0, 0.05) is 24.5 Å². The number of aryl methyl sites for hydroxylation is 2. The van der Waals surface area contributed by atoms with Gasteiger partial charge in [0.25, 0.3) is 0 Å². The molecule has 45 heavy (non-hydrogen) atoms. The Morgan fingerprint density at radius 2 is 1.62 bits per heavy atom. The molecule has 0 radical (unpaired) electrons. The molecule has 1 aliphatic heterocycles. The summed E-state index contributed by atoms with van der Waals surface area (Å²) in [6.45, 7) is 9.20. The Hall–Kier alpha value is -4.80. The number of benzene rings is 1. The third-order valence-electron chi connectivity index (χ3n) is 7.25. The summed E-state index contributed by atoms with van der Waals surface area (Å²) in [7, 11) is 0. The fraction of sp³-hybridized carbons (Fsp3) is 0.412. The second-order valence-electron chi connectivity index (χ2n) is 11.6. The zero-order valence-corrected chi connectivity index (χ0v) is 26.3. The molecule has 0 aliphatic carbocycles. The smallest absolute Gasteiger partial charge is 0.410 e. The Balaban J connectivity index is 2.03. The molecule has 238 valence electrons. The number of carboxylic acid groups (broad SMARTS) is 1. The van der Waals surface area contributed by atoms with Gasteiger partial charge in [-0.2, -0.15) is 0 Å². The van der Waals surface area contributed by atoms with Crippen LogP contribution in [-0.4, -0.2) is 69.3 Å². The van der Waals surface area contributed by atoms with Crippen LogP contribution in [0.2, 0.25) is 0 Å². The molecule has 1 amide bonds. The molecule has 4 rings (SSSR count). The largest absolute Gasteiger partial charge is 0.478 e. The van der Waals surface area contributed by atoms with Gasteiger partial charge >= 0.3 is 24.0 Å². The number of amides is 1. The maximum absolute atomic E-state index is 13.9. The van der Waals surface area contributed by atoms with Gasteiger partial charge in [-0.1, -0.05) is 18.2 Å². The van der Waals surface area contributed by atoms with Gasteiger partial charge in [0.2, 0.25) is 0 Å². The normalized spacial score (nSPS) is 14.6. The number of pyridine rings is 2. The fourth-order valence-corrected chi connectivity index (χ4v) is 5.38. The molecule has 1 saturated heterocycles. The van der Waals surface area contributed by atoms with E-state index in [9.17, 15) is 24.3 Å². The van der Waals surface area contributed by atoms with Gasteiger partial charge in [0.1, 0.15) is 5.60 Å². The van der Waals surface area contributed by atoms with Crippen LogP contribution in [0.1, 0.15) is 102 Å². The number of hydrogen-bond donors (Lipinski definition) is 1. The van der Waals surface area contributed by atoms with E-state index in [1.165, 1.54) is 12.1 Å². The van der Waals surface area contributed by atoms with Crippen LogP contribution in [0.5, 0.6) is 0 Å². The number of carbonyl (C=O) groups excluding carboxylic acids is 3. The van der Waals surface area contributed by atoms with Crippen molar-refractivity contribution in [3.8, 4) is 11.1 Å². The summed E-state index contributed by atoms with van der Waals surface area (Å²) < 4.78 is 16.7. The van der Waals surface area contributed by atoms with E-state index in [4.69, 9.17) is 19.2 Å². The van der Waals surface area contributed by atoms with Gasteiger partial charge in [-0.3, -0.25) is 14.9 Å². The molecule has 1 N–H and O–H groups in total. The number of rotatable bonds is 10. The minimum atomic E-state index is -1.12. The van der Waals surface area contributed by atoms with Crippen molar-refractivity contribution < 1.29 is 38.5 Å². The lowest BCUT2D eigenvalue weighted by Gasteiger charge is -2.30. The lowest BCUT2D eigenvalue weighted by atomic mass is 9.88. The number of ether oxygens (including phenoxy) is 3. The third kappa shape index (κ3) is 7.84. The second kappa shape index (κ2) is 14.3. The Bertz CT molecular complexity index is 1550. The van der Waals surface area contributed by atoms with Crippen LogP contribution >= 0.6 is 0 Å². The molecular formula is C34H39N3O8. The van der Waals surface area contributed by atoms with Crippen molar-refractivity contribution in [2.45, 2.75) is 71.9 Å². The van der Waals surface area contributed by atoms with Crippen LogP contribution in [0.4, 0.5) is 4.79 Å². The Morgan fingerprint density at radius 1 is 0.956 bits per heavy atom. The minimum absolute atomic E-state index is 0.0218. The molecule has 0 spiro atoms. The van der Waals surface area contributed by atoms with Crippen LogP contribution < -0.4 is 0 Å². The van der Waals surface area contributed by atoms with E-state index in [0.717, 1.165) is 5.56 Å². The molecule has 0 bridgehead atoms. The Labute approximate surface area is 262 Å². The molecule has 1 atom stereocenters. The van der Waals surface area contributed by atoms with Gasteiger partial charge in [-0.05, 0) is 89.6 Å².